The summed E-state index contributed by atoms with van der Waals surface area (Å²) in [7, 11) is 1.80. The van der Waals surface area contributed by atoms with Gasteiger partial charge in [-0.3, -0.25) is 0 Å². The molecule has 3 nitrogen and oxygen atoms in total. The highest BCUT2D eigenvalue weighted by molar-refractivity contribution is 14.1. The van der Waals surface area contributed by atoms with Crippen LogP contribution in [0.2, 0.25) is 0 Å². The van der Waals surface area contributed by atoms with Crippen LogP contribution in [0.1, 0.15) is 21.5 Å². The molecule has 1 aliphatic heterocycles. The van der Waals surface area contributed by atoms with E-state index in [1.54, 1.807) is 11.9 Å². The number of anilines is 1. The Hall–Kier alpha value is -1.08. The van der Waals surface area contributed by atoms with Crippen LogP contribution in [-0.4, -0.2) is 18.0 Å². The van der Waals surface area contributed by atoms with Crippen LogP contribution < -0.4 is 5.32 Å². The molecule has 2 aromatic rings. The van der Waals surface area contributed by atoms with Gasteiger partial charge in [0.1, 0.15) is 0 Å². The molecule has 0 fully saturated rings. The van der Waals surface area contributed by atoms with Gasteiger partial charge in [-0.25, -0.2) is 4.79 Å². The largest absolute Gasteiger partial charge is 0.323 e. The van der Waals surface area contributed by atoms with E-state index < -0.39 is 0 Å². The zero-order valence-electron chi connectivity index (χ0n) is 11.4. The van der Waals surface area contributed by atoms with E-state index in [2.05, 4.69) is 80.2 Å². The number of rotatable bonds is 2. The summed E-state index contributed by atoms with van der Waals surface area (Å²) in [5, 5.41) is 2.90. The molecular formula is C16H14BrIN2O. The van der Waals surface area contributed by atoms with Crippen LogP contribution in [0.3, 0.4) is 0 Å². The number of hydrogen-bond acceptors (Lipinski definition) is 1. The van der Waals surface area contributed by atoms with Gasteiger partial charge in [0.2, 0.25) is 0 Å². The van der Waals surface area contributed by atoms with Crippen molar-refractivity contribution in [2.75, 3.05) is 12.4 Å². The lowest BCUT2D eigenvalue weighted by molar-refractivity contribution is 0.218. The number of hydrogen-bond donors (Lipinski definition) is 1. The van der Waals surface area contributed by atoms with Crippen LogP contribution in [0, 0.1) is 3.57 Å². The lowest BCUT2D eigenvalue weighted by Gasteiger charge is -2.26. The predicted molar refractivity (Wildman–Crippen MR) is 96.9 cm³/mol. The average Bonchev–Trinajstić information content (AvgIpc) is 2.47. The summed E-state index contributed by atoms with van der Waals surface area (Å²) in [5.41, 5.74) is 4.48. The second-order valence-electron chi connectivity index (χ2n) is 5.12. The van der Waals surface area contributed by atoms with Gasteiger partial charge in [0, 0.05) is 22.8 Å². The third kappa shape index (κ3) is 3.08. The van der Waals surface area contributed by atoms with Gasteiger partial charge in [-0.05, 0) is 57.5 Å². The molecule has 108 valence electrons. The molecule has 21 heavy (non-hydrogen) atoms. The van der Waals surface area contributed by atoms with Crippen molar-refractivity contribution >= 4 is 50.2 Å². The van der Waals surface area contributed by atoms with Crippen molar-refractivity contribution < 1.29 is 4.79 Å². The molecule has 1 heterocycles. The SMILES string of the molecule is CN1Cc2cc(C(Br)c3cccc(I)c3)ccc2NC1=O. The zero-order valence-corrected chi connectivity index (χ0v) is 15.2. The minimum absolute atomic E-state index is 0.0525. The van der Waals surface area contributed by atoms with Gasteiger partial charge in [-0.2, -0.15) is 0 Å². The topological polar surface area (TPSA) is 32.3 Å². The maximum absolute atomic E-state index is 11.6. The molecule has 0 saturated carbocycles. The molecule has 1 aliphatic rings. The van der Waals surface area contributed by atoms with Crippen molar-refractivity contribution in [3.05, 3.63) is 62.7 Å². The second kappa shape index (κ2) is 5.96. The normalized spacial score (nSPS) is 15.4. The quantitative estimate of drug-likeness (QED) is 0.513. The number of alkyl halides is 1. The number of nitrogens with zero attached hydrogens (tertiary/aromatic N) is 1. The van der Waals surface area contributed by atoms with E-state index in [0.29, 0.717) is 6.54 Å². The van der Waals surface area contributed by atoms with Crippen LogP contribution >= 0.6 is 38.5 Å². The van der Waals surface area contributed by atoms with Gasteiger partial charge < -0.3 is 10.2 Å². The van der Waals surface area contributed by atoms with E-state index in [0.717, 1.165) is 11.3 Å². The molecule has 1 atom stereocenters. The third-order valence-corrected chi connectivity index (χ3v) is 5.29. The summed E-state index contributed by atoms with van der Waals surface area (Å²) in [6, 6.07) is 14.6. The predicted octanol–water partition coefficient (Wildman–Crippen LogP) is 4.75. The van der Waals surface area contributed by atoms with Gasteiger partial charge in [-0.1, -0.05) is 40.2 Å². The second-order valence-corrected chi connectivity index (χ2v) is 7.28. The number of benzene rings is 2. The molecule has 5 heteroatoms. The fourth-order valence-electron chi connectivity index (χ4n) is 2.42. The van der Waals surface area contributed by atoms with Crippen LogP contribution in [0.15, 0.2) is 42.5 Å². The van der Waals surface area contributed by atoms with Crippen molar-refractivity contribution in [1.29, 1.82) is 0 Å². The molecular weight excluding hydrogens is 443 g/mol. The first-order chi connectivity index (χ1) is 10.0. The molecule has 0 aliphatic carbocycles. The van der Waals surface area contributed by atoms with E-state index in [9.17, 15) is 4.79 Å². The number of carbonyl (C=O) groups is 1. The summed E-state index contributed by atoms with van der Waals surface area (Å²) in [5.74, 6) is 0. The first-order valence-corrected chi connectivity index (χ1v) is 8.58. The molecule has 0 aromatic heterocycles. The molecule has 1 N–H and O–H groups in total. The number of carbonyl (C=O) groups excluding carboxylic acids is 1. The van der Waals surface area contributed by atoms with E-state index >= 15 is 0 Å². The van der Waals surface area contributed by atoms with E-state index in [1.165, 1.54) is 14.7 Å². The van der Waals surface area contributed by atoms with Crippen LogP contribution in [-0.2, 0) is 6.54 Å². The molecule has 1 unspecified atom stereocenters. The minimum atomic E-state index is -0.0525. The number of nitrogens with one attached hydrogen (secondary N) is 1. The van der Waals surface area contributed by atoms with Crippen molar-refractivity contribution in [3.63, 3.8) is 0 Å². The fraction of sp³-hybridized carbons (Fsp3) is 0.188. The summed E-state index contributed by atoms with van der Waals surface area (Å²) < 4.78 is 1.22. The number of amides is 2. The van der Waals surface area contributed by atoms with E-state index in [4.69, 9.17) is 0 Å². The number of fused-ring (bicyclic) bond motifs is 1. The molecule has 0 radical (unpaired) electrons. The summed E-state index contributed by atoms with van der Waals surface area (Å²) in [4.78, 5) is 13.5. The van der Waals surface area contributed by atoms with Crippen LogP contribution in [0.4, 0.5) is 10.5 Å². The third-order valence-electron chi connectivity index (χ3n) is 3.56. The fourth-order valence-corrected chi connectivity index (χ4v) is 3.56. The highest BCUT2D eigenvalue weighted by Gasteiger charge is 2.20. The Morgan fingerprint density at radius 1 is 1.24 bits per heavy atom. The zero-order chi connectivity index (χ0) is 15.0. The van der Waals surface area contributed by atoms with Gasteiger partial charge in [0.05, 0.1) is 4.83 Å². The first kappa shape index (κ1) is 14.8. The molecule has 0 saturated heterocycles. The van der Waals surface area contributed by atoms with E-state index in [1.807, 2.05) is 6.07 Å². The van der Waals surface area contributed by atoms with Crippen molar-refractivity contribution in [2.24, 2.45) is 0 Å². The lowest BCUT2D eigenvalue weighted by atomic mass is 10.0. The highest BCUT2D eigenvalue weighted by Crippen LogP contribution is 2.34. The smallest absolute Gasteiger partial charge is 0.321 e. The van der Waals surface area contributed by atoms with Gasteiger partial charge >= 0.3 is 6.03 Å². The first-order valence-electron chi connectivity index (χ1n) is 6.59. The van der Waals surface area contributed by atoms with Crippen molar-refractivity contribution in [1.82, 2.24) is 4.90 Å². The number of halogens is 2. The molecule has 0 spiro atoms. The lowest BCUT2D eigenvalue weighted by Crippen LogP contribution is -2.35. The maximum Gasteiger partial charge on any atom is 0.321 e. The minimum Gasteiger partial charge on any atom is -0.323 e. The molecule has 2 amide bonds. The average molecular weight is 457 g/mol. The Labute approximate surface area is 146 Å². The Morgan fingerprint density at radius 2 is 2.00 bits per heavy atom. The van der Waals surface area contributed by atoms with Crippen LogP contribution in [0.25, 0.3) is 0 Å². The Kier molecular flexibility index (Phi) is 4.21. The molecule has 3 rings (SSSR count). The Morgan fingerprint density at radius 3 is 2.76 bits per heavy atom. The Bertz CT molecular complexity index is 704. The van der Waals surface area contributed by atoms with Crippen LogP contribution in [0.5, 0.6) is 0 Å². The standard InChI is InChI=1S/C16H14BrIN2O/c1-20-9-12-7-11(5-6-14(12)19-16(20)21)15(17)10-3-2-4-13(18)8-10/h2-8,15H,9H2,1H3,(H,19,21). The van der Waals surface area contributed by atoms with Gasteiger partial charge in [0.25, 0.3) is 0 Å². The molecule has 2 aromatic carbocycles. The van der Waals surface area contributed by atoms with Crippen molar-refractivity contribution in [2.45, 2.75) is 11.4 Å². The highest BCUT2D eigenvalue weighted by atomic mass is 127. The Balaban J connectivity index is 1.93. The maximum atomic E-state index is 11.6. The summed E-state index contributed by atoms with van der Waals surface area (Å²) in [6.07, 6.45) is 0. The number of urea groups is 1. The monoisotopic (exact) mass is 456 g/mol. The van der Waals surface area contributed by atoms with E-state index in [-0.39, 0.29) is 10.9 Å². The molecule has 0 bridgehead atoms. The summed E-state index contributed by atoms with van der Waals surface area (Å²) >= 11 is 6.10. The van der Waals surface area contributed by atoms with Gasteiger partial charge in [0.15, 0.2) is 0 Å². The summed E-state index contributed by atoms with van der Waals surface area (Å²) in [6.45, 7) is 0.640. The van der Waals surface area contributed by atoms with Gasteiger partial charge in [-0.15, -0.1) is 0 Å². The van der Waals surface area contributed by atoms with Crippen molar-refractivity contribution in [3.8, 4) is 0 Å².